The molecule has 0 bridgehead atoms. The molecular formula is C19H18F3NO4. The first-order chi connectivity index (χ1) is 12.7. The van der Waals surface area contributed by atoms with Crippen LogP contribution in [-0.2, 0) is 16.6 Å². The van der Waals surface area contributed by atoms with Gasteiger partial charge in [-0.1, -0.05) is 0 Å². The SMILES string of the molecule is COc1ccc2c(c1)C(C)(Cc1cc(OC(F)(F)F)ccc1OC)C(=O)N2. The van der Waals surface area contributed by atoms with Gasteiger partial charge >= 0.3 is 6.36 Å². The van der Waals surface area contributed by atoms with Crippen LogP contribution in [0.25, 0.3) is 0 Å². The van der Waals surface area contributed by atoms with Gasteiger partial charge in [-0.25, -0.2) is 0 Å². The summed E-state index contributed by atoms with van der Waals surface area (Å²) in [5.74, 6) is 0.327. The number of rotatable bonds is 5. The van der Waals surface area contributed by atoms with Gasteiger partial charge < -0.3 is 19.5 Å². The lowest BCUT2D eigenvalue weighted by Crippen LogP contribution is -2.33. The Morgan fingerprint density at radius 2 is 1.74 bits per heavy atom. The third-order valence-corrected chi connectivity index (χ3v) is 4.60. The Bertz CT molecular complexity index is 882. The van der Waals surface area contributed by atoms with Gasteiger partial charge in [0.15, 0.2) is 0 Å². The summed E-state index contributed by atoms with van der Waals surface area (Å²) < 4.78 is 52.1. The van der Waals surface area contributed by atoms with Crippen molar-refractivity contribution in [2.45, 2.75) is 25.1 Å². The molecule has 0 fully saturated rings. The summed E-state index contributed by atoms with van der Waals surface area (Å²) in [6.45, 7) is 1.73. The maximum Gasteiger partial charge on any atom is 0.573 e. The number of fused-ring (bicyclic) bond motifs is 1. The second kappa shape index (κ2) is 6.68. The first-order valence-corrected chi connectivity index (χ1v) is 8.09. The molecule has 1 heterocycles. The molecule has 0 saturated carbocycles. The van der Waals surface area contributed by atoms with Crippen LogP contribution in [-0.4, -0.2) is 26.5 Å². The van der Waals surface area contributed by atoms with Crippen LogP contribution in [0.15, 0.2) is 36.4 Å². The molecule has 27 heavy (non-hydrogen) atoms. The number of benzene rings is 2. The Kier molecular flexibility index (Phi) is 4.67. The number of ether oxygens (including phenoxy) is 3. The predicted molar refractivity (Wildman–Crippen MR) is 92.4 cm³/mol. The van der Waals surface area contributed by atoms with Gasteiger partial charge in [0, 0.05) is 5.69 Å². The summed E-state index contributed by atoms with van der Waals surface area (Å²) in [7, 11) is 2.93. The molecule has 1 aliphatic rings. The summed E-state index contributed by atoms with van der Waals surface area (Å²) >= 11 is 0. The first-order valence-electron chi connectivity index (χ1n) is 8.09. The molecule has 0 radical (unpaired) electrons. The third-order valence-electron chi connectivity index (χ3n) is 4.60. The number of alkyl halides is 3. The highest BCUT2D eigenvalue weighted by Crippen LogP contribution is 2.43. The standard InChI is InChI=1S/C19H18F3NO4/c1-18(14-9-12(25-2)4-6-15(14)23-17(18)24)10-11-8-13(27-19(20,21)22)5-7-16(11)26-3/h4-9H,10H2,1-3H3,(H,23,24). The molecule has 2 aromatic carbocycles. The van der Waals surface area contributed by atoms with Crippen molar-refractivity contribution in [2.75, 3.05) is 19.5 Å². The Labute approximate surface area is 154 Å². The zero-order valence-corrected chi connectivity index (χ0v) is 14.9. The number of nitrogens with one attached hydrogen (secondary N) is 1. The highest BCUT2D eigenvalue weighted by atomic mass is 19.4. The molecule has 2 aromatic rings. The minimum absolute atomic E-state index is 0.122. The van der Waals surface area contributed by atoms with Crippen molar-refractivity contribution in [3.8, 4) is 17.2 Å². The van der Waals surface area contributed by atoms with Crippen LogP contribution in [0.2, 0.25) is 0 Å². The number of carbonyl (C=O) groups is 1. The molecule has 0 aromatic heterocycles. The molecule has 0 aliphatic carbocycles. The first kappa shape index (κ1) is 18.9. The molecule has 1 unspecified atom stereocenters. The maximum absolute atomic E-state index is 12.7. The largest absolute Gasteiger partial charge is 0.573 e. The van der Waals surface area contributed by atoms with E-state index in [-0.39, 0.29) is 18.1 Å². The summed E-state index contributed by atoms with van der Waals surface area (Å²) in [6.07, 6.45) is -4.68. The number of amides is 1. The molecule has 1 aliphatic heterocycles. The average Bonchev–Trinajstić information content (AvgIpc) is 2.84. The zero-order chi connectivity index (χ0) is 19.8. The van der Waals surface area contributed by atoms with Gasteiger partial charge in [0.2, 0.25) is 5.91 Å². The van der Waals surface area contributed by atoms with E-state index >= 15 is 0 Å². The molecule has 0 spiro atoms. The van der Waals surface area contributed by atoms with Crippen molar-refractivity contribution in [3.63, 3.8) is 0 Å². The van der Waals surface area contributed by atoms with Gasteiger partial charge in [-0.05, 0) is 60.9 Å². The van der Waals surface area contributed by atoms with Gasteiger partial charge in [0.1, 0.15) is 17.2 Å². The smallest absolute Gasteiger partial charge is 0.497 e. The number of hydrogen-bond acceptors (Lipinski definition) is 4. The number of hydrogen-bond donors (Lipinski definition) is 1. The van der Waals surface area contributed by atoms with E-state index in [4.69, 9.17) is 9.47 Å². The number of methoxy groups -OCH3 is 2. The van der Waals surface area contributed by atoms with Gasteiger partial charge in [-0.2, -0.15) is 0 Å². The topological polar surface area (TPSA) is 56.8 Å². The number of anilines is 1. The molecule has 5 nitrogen and oxygen atoms in total. The molecular weight excluding hydrogens is 363 g/mol. The lowest BCUT2D eigenvalue weighted by atomic mass is 9.78. The van der Waals surface area contributed by atoms with Crippen LogP contribution in [0.1, 0.15) is 18.1 Å². The van der Waals surface area contributed by atoms with E-state index in [0.29, 0.717) is 28.3 Å². The summed E-state index contributed by atoms with van der Waals surface area (Å²) in [5.41, 5.74) is 0.766. The summed E-state index contributed by atoms with van der Waals surface area (Å²) in [4.78, 5) is 12.7. The van der Waals surface area contributed by atoms with E-state index in [1.807, 2.05) is 0 Å². The fourth-order valence-corrected chi connectivity index (χ4v) is 3.25. The van der Waals surface area contributed by atoms with Gasteiger partial charge in [0.05, 0.1) is 19.6 Å². The van der Waals surface area contributed by atoms with E-state index in [1.165, 1.54) is 32.4 Å². The Hall–Kier alpha value is -2.90. The van der Waals surface area contributed by atoms with Crippen molar-refractivity contribution < 1.29 is 32.2 Å². The van der Waals surface area contributed by atoms with E-state index in [0.717, 1.165) is 0 Å². The fourth-order valence-electron chi connectivity index (χ4n) is 3.25. The van der Waals surface area contributed by atoms with Crippen LogP contribution in [0, 0.1) is 0 Å². The van der Waals surface area contributed by atoms with Crippen molar-refractivity contribution in [1.82, 2.24) is 0 Å². The molecule has 1 atom stereocenters. The normalized spacial score (nSPS) is 18.7. The molecule has 8 heteroatoms. The average molecular weight is 381 g/mol. The van der Waals surface area contributed by atoms with Gasteiger partial charge in [-0.15, -0.1) is 13.2 Å². The van der Waals surface area contributed by atoms with Crippen molar-refractivity contribution >= 4 is 11.6 Å². The Morgan fingerprint density at radius 1 is 1.04 bits per heavy atom. The quantitative estimate of drug-likeness (QED) is 0.849. The predicted octanol–water partition coefficient (Wildman–Crippen LogP) is 4.05. The van der Waals surface area contributed by atoms with Gasteiger partial charge in [0.25, 0.3) is 0 Å². The van der Waals surface area contributed by atoms with Crippen LogP contribution >= 0.6 is 0 Å². The van der Waals surface area contributed by atoms with E-state index < -0.39 is 11.8 Å². The van der Waals surface area contributed by atoms with Crippen LogP contribution in [0.5, 0.6) is 17.2 Å². The van der Waals surface area contributed by atoms with Crippen LogP contribution < -0.4 is 19.5 Å². The third kappa shape index (κ3) is 3.65. The van der Waals surface area contributed by atoms with Crippen LogP contribution in [0.4, 0.5) is 18.9 Å². The lowest BCUT2D eigenvalue weighted by Gasteiger charge is -2.24. The Balaban J connectivity index is 2.01. The number of halogens is 3. The van der Waals surface area contributed by atoms with E-state index in [9.17, 15) is 18.0 Å². The highest BCUT2D eigenvalue weighted by Gasteiger charge is 2.43. The van der Waals surface area contributed by atoms with Crippen molar-refractivity contribution in [3.05, 3.63) is 47.5 Å². The molecule has 1 N–H and O–H groups in total. The highest BCUT2D eigenvalue weighted by molar-refractivity contribution is 6.06. The summed E-state index contributed by atoms with van der Waals surface area (Å²) in [5, 5.41) is 2.80. The second-order valence-electron chi connectivity index (χ2n) is 6.40. The van der Waals surface area contributed by atoms with Crippen LogP contribution in [0.3, 0.4) is 0 Å². The van der Waals surface area contributed by atoms with E-state index in [2.05, 4.69) is 10.1 Å². The number of carbonyl (C=O) groups excluding carboxylic acids is 1. The lowest BCUT2D eigenvalue weighted by molar-refractivity contribution is -0.274. The molecule has 3 rings (SSSR count). The Morgan fingerprint density at radius 3 is 2.37 bits per heavy atom. The minimum atomic E-state index is -4.81. The van der Waals surface area contributed by atoms with Gasteiger partial charge in [-0.3, -0.25) is 4.79 Å². The molecule has 144 valence electrons. The van der Waals surface area contributed by atoms with Crippen molar-refractivity contribution in [1.29, 1.82) is 0 Å². The second-order valence-corrected chi connectivity index (χ2v) is 6.40. The minimum Gasteiger partial charge on any atom is -0.497 e. The maximum atomic E-state index is 12.7. The molecule has 0 saturated heterocycles. The molecule has 1 amide bonds. The fraction of sp³-hybridized carbons (Fsp3) is 0.316. The summed E-state index contributed by atoms with van der Waals surface area (Å²) in [6, 6.07) is 9.00. The van der Waals surface area contributed by atoms with E-state index in [1.54, 1.807) is 25.1 Å². The monoisotopic (exact) mass is 381 g/mol. The van der Waals surface area contributed by atoms with Crippen molar-refractivity contribution in [2.24, 2.45) is 0 Å². The zero-order valence-electron chi connectivity index (χ0n) is 14.9.